The zero-order chi connectivity index (χ0) is 17.3. The molecule has 0 saturated carbocycles. The topological polar surface area (TPSA) is 37.4 Å². The molecule has 0 aliphatic heterocycles. The summed E-state index contributed by atoms with van der Waals surface area (Å²) < 4.78 is 77.1. The van der Waals surface area contributed by atoms with Crippen molar-refractivity contribution in [2.24, 2.45) is 0 Å². The number of hydrogen-bond acceptors (Lipinski definition) is 2. The average molecular weight is 347 g/mol. The van der Waals surface area contributed by atoms with Gasteiger partial charge in [-0.3, -0.25) is 0 Å². The van der Waals surface area contributed by atoms with Gasteiger partial charge in [-0.1, -0.05) is 30.3 Å². The Morgan fingerprint density at radius 3 is 2.30 bits per heavy atom. The summed E-state index contributed by atoms with van der Waals surface area (Å²) in [5.41, 5.74) is -0.714. The van der Waals surface area contributed by atoms with E-state index in [4.69, 9.17) is 0 Å². The second-order valence-corrected chi connectivity index (χ2v) is 6.90. The summed E-state index contributed by atoms with van der Waals surface area (Å²) in [6.45, 7) is -0.305. The normalized spacial score (nSPS) is 12.6. The maximum absolute atomic E-state index is 13.7. The minimum absolute atomic E-state index is 0.155. The molecule has 0 bridgehead atoms. The Kier molecular flexibility index (Phi) is 4.76. The quantitative estimate of drug-likeness (QED) is 0.792. The van der Waals surface area contributed by atoms with E-state index >= 15 is 0 Å². The summed E-state index contributed by atoms with van der Waals surface area (Å²) in [5, 5.41) is 0. The third kappa shape index (κ3) is 3.89. The number of sulfonamides is 1. The Morgan fingerprint density at radius 2 is 1.70 bits per heavy atom. The van der Waals surface area contributed by atoms with Crippen LogP contribution in [0.2, 0.25) is 0 Å². The maximum atomic E-state index is 13.7. The van der Waals surface area contributed by atoms with Crippen LogP contribution in [0.3, 0.4) is 0 Å². The molecule has 3 nitrogen and oxygen atoms in total. The number of nitrogens with zero attached hydrogens (tertiary/aromatic N) is 1. The van der Waals surface area contributed by atoms with E-state index in [1.54, 1.807) is 0 Å². The summed E-state index contributed by atoms with van der Waals surface area (Å²) in [4.78, 5) is -0.519. The summed E-state index contributed by atoms with van der Waals surface area (Å²) in [5.74, 6) is -0.914. The van der Waals surface area contributed by atoms with Crippen LogP contribution in [0.5, 0.6) is 0 Å². The molecule has 0 saturated heterocycles. The Morgan fingerprint density at radius 1 is 1.04 bits per heavy atom. The van der Waals surface area contributed by atoms with Crippen molar-refractivity contribution < 1.29 is 26.0 Å². The van der Waals surface area contributed by atoms with E-state index < -0.39 is 32.5 Å². The molecular formula is C15H13F4NO2S. The third-order valence-corrected chi connectivity index (χ3v) is 5.02. The van der Waals surface area contributed by atoms with Crippen LogP contribution < -0.4 is 0 Å². The van der Waals surface area contributed by atoms with Gasteiger partial charge >= 0.3 is 6.18 Å². The number of rotatable bonds is 4. The lowest BCUT2D eigenvalue weighted by Gasteiger charge is -2.18. The highest BCUT2D eigenvalue weighted by atomic mass is 32.2. The van der Waals surface area contributed by atoms with Crippen LogP contribution in [0.4, 0.5) is 17.6 Å². The molecule has 0 aromatic heterocycles. The zero-order valence-corrected chi connectivity index (χ0v) is 12.8. The van der Waals surface area contributed by atoms with Crippen LogP contribution in [0.25, 0.3) is 0 Å². The first-order valence-electron chi connectivity index (χ1n) is 6.49. The molecule has 0 N–H and O–H groups in total. The van der Waals surface area contributed by atoms with Gasteiger partial charge < -0.3 is 0 Å². The lowest BCUT2D eigenvalue weighted by atomic mass is 10.1. The van der Waals surface area contributed by atoms with Crippen LogP contribution >= 0.6 is 0 Å². The summed E-state index contributed by atoms with van der Waals surface area (Å²) in [6.07, 6.45) is -4.51. The van der Waals surface area contributed by atoms with Crippen molar-refractivity contribution in [1.82, 2.24) is 4.31 Å². The van der Waals surface area contributed by atoms with Gasteiger partial charge in [0.15, 0.2) is 0 Å². The van der Waals surface area contributed by atoms with E-state index in [1.165, 1.54) is 31.3 Å². The Labute approximate surface area is 131 Å². The number of alkyl halides is 3. The molecule has 2 aromatic carbocycles. The van der Waals surface area contributed by atoms with Crippen LogP contribution in [0, 0.1) is 5.82 Å². The molecule has 8 heteroatoms. The molecule has 124 valence electrons. The monoisotopic (exact) mass is 347 g/mol. The summed E-state index contributed by atoms with van der Waals surface area (Å²) >= 11 is 0. The first kappa shape index (κ1) is 17.4. The maximum Gasteiger partial charge on any atom is 0.416 e. The van der Waals surface area contributed by atoms with E-state index in [-0.39, 0.29) is 12.1 Å². The van der Waals surface area contributed by atoms with Crippen molar-refractivity contribution in [2.75, 3.05) is 7.05 Å². The number of halogens is 4. The first-order chi connectivity index (χ1) is 10.6. The van der Waals surface area contributed by atoms with Crippen molar-refractivity contribution in [3.63, 3.8) is 0 Å². The highest BCUT2D eigenvalue weighted by Gasteiger charge is 2.31. The molecule has 0 fully saturated rings. The molecule has 2 rings (SSSR count). The largest absolute Gasteiger partial charge is 0.416 e. The van der Waals surface area contributed by atoms with Gasteiger partial charge in [-0.05, 0) is 23.8 Å². The smallest absolute Gasteiger partial charge is 0.207 e. The molecule has 0 spiro atoms. The van der Waals surface area contributed by atoms with Gasteiger partial charge in [0.2, 0.25) is 10.0 Å². The van der Waals surface area contributed by atoms with Crippen LogP contribution in [-0.4, -0.2) is 19.8 Å². The fraction of sp³-hybridized carbons (Fsp3) is 0.200. The van der Waals surface area contributed by atoms with Crippen molar-refractivity contribution in [2.45, 2.75) is 17.6 Å². The summed E-state index contributed by atoms with van der Waals surface area (Å²) in [7, 11) is -2.96. The van der Waals surface area contributed by atoms with Crippen molar-refractivity contribution in [3.05, 3.63) is 65.5 Å². The predicted molar refractivity (Wildman–Crippen MR) is 76.5 cm³/mol. The van der Waals surface area contributed by atoms with E-state index in [2.05, 4.69) is 0 Å². The second kappa shape index (κ2) is 6.29. The highest BCUT2D eigenvalue weighted by molar-refractivity contribution is 7.89. The van der Waals surface area contributed by atoms with Gasteiger partial charge in [-0.2, -0.15) is 17.5 Å². The second-order valence-electron chi connectivity index (χ2n) is 4.89. The molecule has 0 unspecified atom stereocenters. The molecule has 0 radical (unpaired) electrons. The minimum Gasteiger partial charge on any atom is -0.207 e. The molecule has 0 atom stereocenters. The Bertz CT molecular complexity index is 803. The molecular weight excluding hydrogens is 334 g/mol. The fourth-order valence-electron chi connectivity index (χ4n) is 2.01. The Balaban J connectivity index is 2.29. The molecule has 0 aliphatic rings. The zero-order valence-electron chi connectivity index (χ0n) is 12.0. The van der Waals surface area contributed by atoms with Gasteiger partial charge in [0.25, 0.3) is 0 Å². The Hall–Kier alpha value is -1.93. The molecule has 2 aromatic rings. The number of hydrogen-bond donors (Lipinski definition) is 0. The van der Waals surface area contributed by atoms with Crippen molar-refractivity contribution in [1.29, 1.82) is 0 Å². The first-order valence-corrected chi connectivity index (χ1v) is 7.93. The lowest BCUT2D eigenvalue weighted by Crippen LogP contribution is -2.27. The minimum atomic E-state index is -4.51. The van der Waals surface area contributed by atoms with Gasteiger partial charge in [-0.25, -0.2) is 12.8 Å². The van der Waals surface area contributed by atoms with Gasteiger partial charge in [0.05, 0.1) is 5.56 Å². The molecule has 0 aliphatic carbocycles. The molecule has 23 heavy (non-hydrogen) atoms. The molecule has 0 amide bonds. The lowest BCUT2D eigenvalue weighted by molar-refractivity contribution is -0.137. The van der Waals surface area contributed by atoms with Gasteiger partial charge in [0, 0.05) is 13.6 Å². The van der Waals surface area contributed by atoms with E-state index in [0.717, 1.165) is 28.6 Å². The van der Waals surface area contributed by atoms with Crippen LogP contribution in [-0.2, 0) is 22.7 Å². The van der Waals surface area contributed by atoms with E-state index in [9.17, 15) is 26.0 Å². The number of benzene rings is 2. The standard InChI is InChI=1S/C15H13F4NO2S/c1-20(23(21,22)14-8-3-2-7-13(14)16)10-11-5-4-6-12(9-11)15(17,18)19/h2-9H,10H2,1H3. The van der Waals surface area contributed by atoms with Gasteiger partial charge in [0.1, 0.15) is 10.7 Å². The van der Waals surface area contributed by atoms with Crippen LogP contribution in [0.15, 0.2) is 53.4 Å². The van der Waals surface area contributed by atoms with E-state index in [1.807, 2.05) is 0 Å². The molecule has 0 heterocycles. The summed E-state index contributed by atoms with van der Waals surface area (Å²) in [6, 6.07) is 9.17. The highest BCUT2D eigenvalue weighted by Crippen LogP contribution is 2.30. The van der Waals surface area contributed by atoms with E-state index in [0.29, 0.717) is 0 Å². The van der Waals surface area contributed by atoms with Crippen molar-refractivity contribution >= 4 is 10.0 Å². The van der Waals surface area contributed by atoms with Crippen molar-refractivity contribution in [3.8, 4) is 0 Å². The predicted octanol–water partition coefficient (Wildman–Crippen LogP) is 3.67. The van der Waals surface area contributed by atoms with Crippen LogP contribution in [0.1, 0.15) is 11.1 Å². The third-order valence-electron chi connectivity index (χ3n) is 3.18. The fourth-order valence-corrected chi connectivity index (χ4v) is 3.23. The SMILES string of the molecule is CN(Cc1cccc(C(F)(F)F)c1)S(=O)(=O)c1ccccc1F. The van der Waals surface area contributed by atoms with Gasteiger partial charge in [-0.15, -0.1) is 0 Å². The average Bonchev–Trinajstić information content (AvgIpc) is 2.47.